The maximum Gasteiger partial charge on any atom is 0.437 e. The maximum atomic E-state index is 12.8. The van der Waals surface area contributed by atoms with Gasteiger partial charge in [0.25, 0.3) is 11.8 Å². The number of amides is 5. The van der Waals surface area contributed by atoms with Gasteiger partial charge in [-0.05, 0) is 113 Å². The number of unbranched alkanes of at least 4 members (excludes halogenated alkanes) is 6. The van der Waals surface area contributed by atoms with Crippen molar-refractivity contribution in [2.45, 2.75) is 163 Å². The lowest BCUT2D eigenvalue weighted by atomic mass is 10.1. The summed E-state index contributed by atoms with van der Waals surface area (Å²) in [5.74, 6) is -0.979. The van der Waals surface area contributed by atoms with Crippen molar-refractivity contribution < 1.29 is 42.9 Å². The first-order valence-corrected chi connectivity index (χ1v) is 21.0. The van der Waals surface area contributed by atoms with E-state index in [9.17, 15) is 24.0 Å². The zero-order valence-corrected chi connectivity index (χ0v) is 37.7. The Morgan fingerprint density at radius 2 is 1.14 bits per heavy atom. The fraction of sp³-hybridized carbons (Fsp3) is 0.721. The molecule has 16 heteroatoms. The molecule has 2 atom stereocenters. The number of alkyl carbamates (subject to hydrolysis) is 2. The second-order valence-corrected chi connectivity index (χ2v) is 17.6. The van der Waals surface area contributed by atoms with E-state index in [0.29, 0.717) is 19.6 Å². The number of guanidine groups is 1. The molecule has 0 aliphatic rings. The number of nitrogens with zero attached hydrogens (tertiary/aromatic N) is 2. The van der Waals surface area contributed by atoms with Crippen molar-refractivity contribution in [1.82, 2.24) is 31.5 Å². The molecule has 16 nitrogen and oxygen atoms in total. The Labute approximate surface area is 353 Å². The Hall–Kier alpha value is -4.44. The third kappa shape index (κ3) is 28.6. The van der Waals surface area contributed by atoms with Gasteiger partial charge < -0.3 is 40.2 Å². The van der Waals surface area contributed by atoms with Gasteiger partial charge in [0.2, 0.25) is 12.1 Å². The van der Waals surface area contributed by atoms with Crippen LogP contribution in [0.25, 0.3) is 0 Å². The smallest absolute Gasteiger partial charge is 0.437 e. The van der Waals surface area contributed by atoms with Crippen molar-refractivity contribution in [1.29, 1.82) is 0 Å². The van der Waals surface area contributed by atoms with Gasteiger partial charge >= 0.3 is 18.3 Å². The largest absolute Gasteiger partial charge is 0.444 e. The quantitative estimate of drug-likeness (QED) is 0.0263. The minimum atomic E-state index is -1.23. The van der Waals surface area contributed by atoms with Crippen LogP contribution in [0.5, 0.6) is 0 Å². The third-order valence-corrected chi connectivity index (χ3v) is 8.21. The van der Waals surface area contributed by atoms with Crippen molar-refractivity contribution in [3.63, 3.8) is 0 Å². The van der Waals surface area contributed by atoms with Gasteiger partial charge in [-0.3, -0.25) is 19.8 Å². The van der Waals surface area contributed by atoms with Crippen molar-refractivity contribution in [2.75, 3.05) is 39.8 Å². The molecule has 0 bridgehead atoms. The highest BCUT2D eigenvalue weighted by molar-refractivity contribution is 6.03. The summed E-state index contributed by atoms with van der Waals surface area (Å²) in [6.07, 6.45) is 4.29. The average molecular weight is 834 g/mol. The van der Waals surface area contributed by atoms with Crippen molar-refractivity contribution >= 4 is 36.1 Å². The summed E-state index contributed by atoms with van der Waals surface area (Å²) >= 11 is 0. The predicted molar refractivity (Wildman–Crippen MR) is 230 cm³/mol. The first kappa shape index (κ1) is 52.6. The van der Waals surface area contributed by atoms with Gasteiger partial charge in [-0.1, -0.05) is 56.0 Å². The third-order valence-electron chi connectivity index (χ3n) is 8.21. The van der Waals surface area contributed by atoms with E-state index >= 15 is 0 Å². The van der Waals surface area contributed by atoms with Gasteiger partial charge in [-0.15, -0.1) is 4.99 Å². The fourth-order valence-corrected chi connectivity index (χ4v) is 5.52. The molecular formula is C43H75N7O9. The van der Waals surface area contributed by atoms with E-state index in [1.807, 2.05) is 45.9 Å². The molecule has 336 valence electrons. The molecule has 0 saturated heterocycles. The number of nitrogens with one attached hydrogen (secondary N) is 5. The normalized spacial score (nSPS) is 13.2. The van der Waals surface area contributed by atoms with E-state index in [-0.39, 0.29) is 12.0 Å². The number of carbonyl (C=O) groups excluding carboxylic acids is 5. The number of methoxy groups -OCH3 is 1. The summed E-state index contributed by atoms with van der Waals surface area (Å²) in [5, 5.41) is 14.0. The topological polar surface area (TPSA) is 198 Å². The molecule has 0 spiro atoms. The lowest BCUT2D eigenvalue weighted by Gasteiger charge is -2.26. The van der Waals surface area contributed by atoms with Crippen LogP contribution < -0.4 is 26.6 Å². The Morgan fingerprint density at radius 1 is 0.644 bits per heavy atom. The SMILES string of the molecule is COC(C(=O)NCCCCCCCCN/C(=N/C(=O)OC(C)(C)C)NC(=O)OC(C)(C)C)C(=O)NCCCCN(CCC(C)NC(=O)OC(C)(C)C)Cc1ccccc1. The van der Waals surface area contributed by atoms with Crippen LogP contribution >= 0.6 is 0 Å². The summed E-state index contributed by atoms with van der Waals surface area (Å²) in [6, 6.07) is 10.1. The summed E-state index contributed by atoms with van der Waals surface area (Å²) in [6.45, 7) is 21.5. The Morgan fingerprint density at radius 3 is 1.66 bits per heavy atom. The van der Waals surface area contributed by atoms with Crippen LogP contribution in [-0.2, 0) is 35.1 Å². The van der Waals surface area contributed by atoms with Crippen molar-refractivity contribution in [2.24, 2.45) is 4.99 Å². The minimum absolute atomic E-state index is 0.0393. The van der Waals surface area contributed by atoms with Crippen molar-refractivity contribution in [3.8, 4) is 0 Å². The summed E-state index contributed by atoms with van der Waals surface area (Å²) in [4.78, 5) is 68.4. The lowest BCUT2D eigenvalue weighted by molar-refractivity contribution is -0.143. The average Bonchev–Trinajstić information content (AvgIpc) is 3.09. The van der Waals surface area contributed by atoms with Gasteiger partial charge in [0.15, 0.2) is 0 Å². The standard InChI is InChI=1S/C43H75N7O9/c1-32(47-38(53)57-41(2,3)4)25-30-50(31-33-23-17-16-18-24-33)29-22-21-27-45-36(52)34(56-11)35(51)44-26-19-14-12-13-15-20-28-46-37(48-39(54)58-42(5,6)7)49-40(55)59-43(8,9)10/h16-18,23-24,32,34H,12-15,19-22,25-31H2,1-11H3,(H,44,51)(H,45,52)(H,47,53)(H2,46,48,49,54,55). The van der Waals surface area contributed by atoms with E-state index < -0.39 is 53.0 Å². The molecule has 1 rings (SSSR count). The van der Waals surface area contributed by atoms with Gasteiger partial charge in [-0.2, -0.15) is 0 Å². The number of aliphatic imine (C=N–C) groups is 1. The van der Waals surface area contributed by atoms with Crippen molar-refractivity contribution in [3.05, 3.63) is 35.9 Å². The van der Waals surface area contributed by atoms with Crippen LogP contribution in [0, 0.1) is 0 Å². The Balaban J connectivity index is 2.39. The molecule has 5 amide bonds. The van der Waals surface area contributed by atoms with Crippen LogP contribution in [0.15, 0.2) is 35.3 Å². The van der Waals surface area contributed by atoms with E-state index in [0.717, 1.165) is 77.4 Å². The maximum absolute atomic E-state index is 12.8. The summed E-state index contributed by atoms with van der Waals surface area (Å²) < 4.78 is 21.1. The molecule has 0 saturated carbocycles. The molecule has 5 N–H and O–H groups in total. The molecule has 2 unspecified atom stereocenters. The number of carbonyl (C=O) groups is 5. The molecule has 59 heavy (non-hydrogen) atoms. The van der Waals surface area contributed by atoms with Gasteiger partial charge in [0, 0.05) is 45.9 Å². The number of benzene rings is 1. The second kappa shape index (κ2) is 27.3. The molecule has 0 aliphatic heterocycles. The highest BCUT2D eigenvalue weighted by atomic mass is 16.6. The highest BCUT2D eigenvalue weighted by Crippen LogP contribution is 2.12. The van der Waals surface area contributed by atoms with Gasteiger partial charge in [0.1, 0.15) is 16.8 Å². The summed E-state index contributed by atoms with van der Waals surface area (Å²) in [7, 11) is 1.35. The predicted octanol–water partition coefficient (Wildman–Crippen LogP) is 6.57. The van der Waals surface area contributed by atoms with Gasteiger partial charge in [-0.25, -0.2) is 14.4 Å². The van der Waals surface area contributed by atoms with Gasteiger partial charge in [0.05, 0.1) is 0 Å². The Bertz CT molecular complexity index is 1440. The monoisotopic (exact) mass is 834 g/mol. The van der Waals surface area contributed by atoms with E-state index in [4.69, 9.17) is 18.9 Å². The summed E-state index contributed by atoms with van der Waals surface area (Å²) in [5.41, 5.74) is -0.813. The number of hydrogen-bond donors (Lipinski definition) is 5. The first-order chi connectivity index (χ1) is 27.6. The minimum Gasteiger partial charge on any atom is -0.444 e. The zero-order chi connectivity index (χ0) is 44.5. The van der Waals surface area contributed by atoms with E-state index in [1.165, 1.54) is 12.7 Å². The molecule has 0 fully saturated rings. The molecule has 0 aromatic heterocycles. The van der Waals surface area contributed by atoms with Crippen LogP contribution in [0.4, 0.5) is 14.4 Å². The molecule has 0 aliphatic carbocycles. The van der Waals surface area contributed by atoms with Crippen LogP contribution in [0.1, 0.15) is 133 Å². The molecule has 1 aromatic rings. The van der Waals surface area contributed by atoms with E-state index in [2.05, 4.69) is 48.6 Å². The lowest BCUT2D eigenvalue weighted by Crippen LogP contribution is -2.47. The first-order valence-electron chi connectivity index (χ1n) is 21.0. The van der Waals surface area contributed by atoms with Crippen LogP contribution in [-0.4, -0.2) is 110 Å². The van der Waals surface area contributed by atoms with Crippen LogP contribution in [0.2, 0.25) is 0 Å². The zero-order valence-electron chi connectivity index (χ0n) is 37.7. The van der Waals surface area contributed by atoms with Crippen LogP contribution in [0.3, 0.4) is 0 Å². The number of hydrogen-bond acceptors (Lipinski definition) is 10. The number of rotatable bonds is 23. The molecule has 0 heterocycles. The van der Waals surface area contributed by atoms with E-state index in [1.54, 1.807) is 41.5 Å². The number of ether oxygens (including phenoxy) is 4. The highest BCUT2D eigenvalue weighted by Gasteiger charge is 2.26. The Kier molecular flexibility index (Phi) is 24.4. The second-order valence-electron chi connectivity index (χ2n) is 17.6. The molecular weight excluding hydrogens is 759 g/mol. The molecule has 1 aromatic carbocycles. The fourth-order valence-electron chi connectivity index (χ4n) is 5.52. The molecule has 0 radical (unpaired) electrons.